The van der Waals surface area contributed by atoms with Crippen LogP contribution in [0.25, 0.3) is 27.3 Å². The number of fused-ring (bicyclic) bond motifs is 4. The summed E-state index contributed by atoms with van der Waals surface area (Å²) in [4.78, 5) is 14.8. The van der Waals surface area contributed by atoms with Crippen LogP contribution in [-0.2, 0) is 10.8 Å². The first-order chi connectivity index (χ1) is 25.6. The zero-order chi connectivity index (χ0) is 36.2. The molecule has 0 atom stereocenters. The normalized spacial score (nSPS) is 15.5. The Hall–Kier alpha value is -6.08. The van der Waals surface area contributed by atoms with Gasteiger partial charge in [0.1, 0.15) is 23.0 Å². The maximum absolute atomic E-state index is 6.80. The van der Waals surface area contributed by atoms with Gasteiger partial charge in [-0.15, -0.1) is 0 Å². The fourth-order valence-corrected chi connectivity index (χ4v) is 8.96. The number of benzene rings is 5. The van der Waals surface area contributed by atoms with Crippen LogP contribution in [0, 0.1) is 13.8 Å². The standard InChI is InChI=1S/C46H40BN5O/c1-29-14-12-15-30(2)42(29)47-51(31-16-8-7-9-17-31)38-24-22-33(27-39(38)52(47)41-20-10-11-25-48-41)53-32-21-23-34-35-18-13-19-37-43(35)50-40(46(5,6)45(37,3)4)28-49-44(50)36(34)26-32/h7-28H,1-6H3. The first kappa shape index (κ1) is 31.6. The number of para-hydroxylation sites is 2. The van der Waals surface area contributed by atoms with Gasteiger partial charge in [-0.25, -0.2) is 9.97 Å². The summed E-state index contributed by atoms with van der Waals surface area (Å²) in [6.45, 7) is 13.7. The quantitative estimate of drug-likeness (QED) is 0.133. The average Bonchev–Trinajstić information content (AvgIpc) is 3.76. The molecule has 2 aliphatic heterocycles. The van der Waals surface area contributed by atoms with Crippen LogP contribution in [0.15, 0.2) is 134 Å². The van der Waals surface area contributed by atoms with Crippen LogP contribution in [0.3, 0.4) is 0 Å². The molecule has 5 heterocycles. The molecular formula is C46H40BN5O. The van der Waals surface area contributed by atoms with Gasteiger partial charge >= 0.3 is 6.98 Å². The van der Waals surface area contributed by atoms with Crippen molar-refractivity contribution in [2.75, 3.05) is 9.62 Å². The number of rotatable bonds is 5. The smallest absolute Gasteiger partial charge is 0.422 e. The van der Waals surface area contributed by atoms with E-state index in [1.807, 2.05) is 12.3 Å². The molecule has 0 N–H and O–H groups in total. The maximum atomic E-state index is 6.80. The van der Waals surface area contributed by atoms with Crippen LogP contribution in [0.2, 0.25) is 0 Å². The van der Waals surface area contributed by atoms with Gasteiger partial charge < -0.3 is 14.4 Å². The Morgan fingerprint density at radius 1 is 0.604 bits per heavy atom. The SMILES string of the molecule is Cc1cccc(C)c1B1N(c2ccccc2)c2ccc(Oc3ccc4c(c3)c3ncc5n3c3c(cccc43)C(C)(C)C5(C)C)cc2N1c1ccccn1. The highest BCUT2D eigenvalue weighted by atomic mass is 16.5. The van der Waals surface area contributed by atoms with E-state index in [2.05, 4.69) is 177 Å². The van der Waals surface area contributed by atoms with Crippen molar-refractivity contribution in [3.63, 3.8) is 0 Å². The molecule has 0 bridgehead atoms. The second-order valence-electron chi connectivity index (χ2n) is 15.7. The number of hydrogen-bond donors (Lipinski definition) is 0. The van der Waals surface area contributed by atoms with Crippen molar-refractivity contribution in [1.29, 1.82) is 0 Å². The first-order valence-corrected chi connectivity index (χ1v) is 18.4. The number of pyridine rings is 2. The largest absolute Gasteiger partial charge is 0.457 e. The third kappa shape index (κ3) is 4.40. The predicted molar refractivity (Wildman–Crippen MR) is 219 cm³/mol. The number of aromatic nitrogens is 3. The summed E-state index contributed by atoms with van der Waals surface area (Å²) in [5.41, 5.74) is 11.6. The van der Waals surface area contributed by atoms with E-state index in [-0.39, 0.29) is 17.8 Å². The van der Waals surface area contributed by atoms with E-state index in [1.165, 1.54) is 44.1 Å². The summed E-state index contributed by atoms with van der Waals surface area (Å²) in [5, 5.41) is 3.50. The van der Waals surface area contributed by atoms with Crippen molar-refractivity contribution < 1.29 is 4.74 Å². The summed E-state index contributed by atoms with van der Waals surface area (Å²) in [6.07, 6.45) is 3.95. The van der Waals surface area contributed by atoms with Crippen LogP contribution in [0.4, 0.5) is 22.9 Å². The molecule has 10 rings (SSSR count). The summed E-state index contributed by atoms with van der Waals surface area (Å²) >= 11 is 0. The maximum Gasteiger partial charge on any atom is 0.422 e. The van der Waals surface area contributed by atoms with E-state index < -0.39 is 0 Å². The van der Waals surface area contributed by atoms with Crippen LogP contribution in [0.1, 0.15) is 50.1 Å². The minimum Gasteiger partial charge on any atom is -0.457 e. The first-order valence-electron chi connectivity index (χ1n) is 18.4. The fourth-order valence-electron chi connectivity index (χ4n) is 8.96. The van der Waals surface area contributed by atoms with Gasteiger partial charge in [0, 0.05) is 51.4 Å². The van der Waals surface area contributed by atoms with E-state index in [4.69, 9.17) is 14.7 Å². The van der Waals surface area contributed by atoms with Crippen molar-refractivity contribution >= 4 is 62.6 Å². The van der Waals surface area contributed by atoms with E-state index >= 15 is 0 Å². The topological polar surface area (TPSA) is 45.9 Å². The third-order valence-electron chi connectivity index (χ3n) is 12.3. The molecule has 0 radical (unpaired) electrons. The zero-order valence-electron chi connectivity index (χ0n) is 30.9. The Labute approximate surface area is 310 Å². The number of aryl methyl sites for hydroxylation is 2. The lowest BCUT2D eigenvalue weighted by Crippen LogP contribution is -2.55. The van der Waals surface area contributed by atoms with Crippen molar-refractivity contribution in [3.05, 3.63) is 156 Å². The fraction of sp³-hybridized carbons (Fsp3) is 0.174. The summed E-state index contributed by atoms with van der Waals surface area (Å²) in [7, 11) is 0. The lowest BCUT2D eigenvalue weighted by molar-refractivity contribution is 0.288. The van der Waals surface area contributed by atoms with Crippen molar-refractivity contribution in [1.82, 2.24) is 14.4 Å². The Bertz CT molecular complexity index is 2740. The lowest BCUT2D eigenvalue weighted by Gasteiger charge is -2.45. The Kier molecular flexibility index (Phi) is 6.69. The lowest BCUT2D eigenvalue weighted by atomic mass is 9.61. The van der Waals surface area contributed by atoms with Gasteiger partial charge in [0.15, 0.2) is 0 Å². The van der Waals surface area contributed by atoms with Crippen LogP contribution in [-0.4, -0.2) is 21.4 Å². The molecule has 0 saturated carbocycles. The number of ether oxygens (including phenoxy) is 1. The van der Waals surface area contributed by atoms with Crippen LogP contribution in [0.5, 0.6) is 11.5 Å². The molecule has 0 amide bonds. The highest BCUT2D eigenvalue weighted by Crippen LogP contribution is 2.52. The van der Waals surface area contributed by atoms with Gasteiger partial charge in [0.25, 0.3) is 0 Å². The molecule has 7 heteroatoms. The summed E-state index contributed by atoms with van der Waals surface area (Å²) in [5.74, 6) is 2.40. The Morgan fingerprint density at radius 2 is 1.34 bits per heavy atom. The number of anilines is 4. The molecule has 2 aliphatic rings. The monoisotopic (exact) mass is 689 g/mol. The van der Waals surface area contributed by atoms with E-state index in [0.29, 0.717) is 0 Å². The molecule has 53 heavy (non-hydrogen) atoms. The molecule has 0 unspecified atom stereocenters. The van der Waals surface area contributed by atoms with Gasteiger partial charge in [-0.3, -0.25) is 4.40 Å². The molecule has 0 fully saturated rings. The van der Waals surface area contributed by atoms with E-state index in [9.17, 15) is 0 Å². The van der Waals surface area contributed by atoms with Crippen LogP contribution >= 0.6 is 0 Å². The molecule has 5 aromatic carbocycles. The van der Waals surface area contributed by atoms with E-state index in [0.717, 1.165) is 45.4 Å². The second kappa shape index (κ2) is 11.2. The molecule has 0 aliphatic carbocycles. The molecular weight excluding hydrogens is 649 g/mol. The van der Waals surface area contributed by atoms with Crippen molar-refractivity contribution in [3.8, 4) is 11.5 Å². The molecule has 8 aromatic rings. The van der Waals surface area contributed by atoms with E-state index in [1.54, 1.807) is 0 Å². The summed E-state index contributed by atoms with van der Waals surface area (Å²) < 4.78 is 9.20. The zero-order valence-corrected chi connectivity index (χ0v) is 30.9. The van der Waals surface area contributed by atoms with Gasteiger partial charge in [-0.05, 0) is 84.9 Å². The molecule has 3 aromatic heterocycles. The number of nitrogens with zero attached hydrogens (tertiary/aromatic N) is 5. The number of hydrogen-bond acceptors (Lipinski definition) is 5. The van der Waals surface area contributed by atoms with Gasteiger partial charge in [0.05, 0.1) is 16.9 Å². The highest BCUT2D eigenvalue weighted by molar-refractivity contribution is 6.85. The number of imidazole rings is 1. The molecule has 6 nitrogen and oxygen atoms in total. The Morgan fingerprint density at radius 3 is 2.11 bits per heavy atom. The second-order valence-corrected chi connectivity index (χ2v) is 15.7. The minimum atomic E-state index is -0.159. The highest BCUT2D eigenvalue weighted by Gasteiger charge is 2.47. The van der Waals surface area contributed by atoms with Crippen LogP contribution < -0.4 is 19.8 Å². The predicted octanol–water partition coefficient (Wildman–Crippen LogP) is 10.7. The third-order valence-corrected chi connectivity index (χ3v) is 12.3. The summed E-state index contributed by atoms with van der Waals surface area (Å²) in [6, 6.07) is 42.9. The molecule has 258 valence electrons. The molecule has 0 spiro atoms. The average molecular weight is 690 g/mol. The minimum absolute atomic E-state index is 0.0596. The van der Waals surface area contributed by atoms with Crippen molar-refractivity contribution in [2.24, 2.45) is 0 Å². The van der Waals surface area contributed by atoms with Gasteiger partial charge in [-0.2, -0.15) is 0 Å². The Balaban J connectivity index is 1.14. The molecule has 0 saturated heterocycles. The van der Waals surface area contributed by atoms with Crippen molar-refractivity contribution in [2.45, 2.75) is 52.4 Å². The van der Waals surface area contributed by atoms with Gasteiger partial charge in [-0.1, -0.05) is 99.5 Å². The van der Waals surface area contributed by atoms with Gasteiger partial charge in [0.2, 0.25) is 0 Å².